The van der Waals surface area contributed by atoms with Crippen LogP contribution >= 0.6 is 15.9 Å². The Hall–Kier alpha value is -0.610. The number of halogens is 1. The van der Waals surface area contributed by atoms with Gasteiger partial charge in [-0.2, -0.15) is 0 Å². The summed E-state index contributed by atoms with van der Waals surface area (Å²) in [5, 5.41) is 3.63. The van der Waals surface area contributed by atoms with Crippen LogP contribution in [0, 0.1) is 12.8 Å². The topological polar surface area (TPSA) is 50.9 Å². The van der Waals surface area contributed by atoms with E-state index in [1.54, 1.807) is 0 Å². The van der Waals surface area contributed by atoms with E-state index in [2.05, 4.69) is 46.1 Å². The Bertz CT molecular complexity index is 422. The Morgan fingerprint density at radius 1 is 1.56 bits per heavy atom. The first-order valence-electron chi connectivity index (χ1n) is 6.68. The first-order valence-corrected chi connectivity index (χ1v) is 7.47. The summed E-state index contributed by atoms with van der Waals surface area (Å²) >= 11 is 3.45. The third kappa shape index (κ3) is 2.69. The lowest BCUT2D eigenvalue weighted by Gasteiger charge is -2.43. The molecular formula is C14H22BrN3. The molecule has 1 heterocycles. The molecule has 2 atom stereocenters. The van der Waals surface area contributed by atoms with Gasteiger partial charge >= 0.3 is 0 Å². The van der Waals surface area contributed by atoms with Gasteiger partial charge in [-0.15, -0.1) is 0 Å². The second kappa shape index (κ2) is 5.57. The monoisotopic (exact) mass is 311 g/mol. The van der Waals surface area contributed by atoms with Gasteiger partial charge in [0.15, 0.2) is 0 Å². The van der Waals surface area contributed by atoms with E-state index in [1.165, 1.54) is 19.3 Å². The van der Waals surface area contributed by atoms with E-state index < -0.39 is 0 Å². The fourth-order valence-electron chi connectivity index (χ4n) is 2.86. The zero-order chi connectivity index (χ0) is 13.2. The highest BCUT2D eigenvalue weighted by Gasteiger charge is 2.37. The third-order valence-corrected chi connectivity index (χ3v) is 4.66. The first-order chi connectivity index (χ1) is 8.57. The van der Waals surface area contributed by atoms with Crippen molar-refractivity contribution in [2.75, 3.05) is 11.9 Å². The van der Waals surface area contributed by atoms with E-state index in [0.29, 0.717) is 12.5 Å². The molecule has 3 N–H and O–H groups in total. The lowest BCUT2D eigenvalue weighted by molar-refractivity contribution is 0.235. The molecular weight excluding hydrogens is 290 g/mol. The van der Waals surface area contributed by atoms with Gasteiger partial charge in [0.25, 0.3) is 0 Å². The van der Waals surface area contributed by atoms with Crippen LogP contribution in [0.2, 0.25) is 0 Å². The molecule has 18 heavy (non-hydrogen) atoms. The van der Waals surface area contributed by atoms with Crippen LogP contribution < -0.4 is 11.1 Å². The Balaban J connectivity index is 2.24. The van der Waals surface area contributed by atoms with Crippen LogP contribution in [0.4, 0.5) is 5.82 Å². The van der Waals surface area contributed by atoms with Gasteiger partial charge in [-0.3, -0.25) is 0 Å². The summed E-state index contributed by atoms with van der Waals surface area (Å²) in [4.78, 5) is 4.49. The number of hydrogen-bond acceptors (Lipinski definition) is 3. The number of nitrogens with two attached hydrogens (primary N) is 1. The van der Waals surface area contributed by atoms with E-state index in [1.807, 2.05) is 6.20 Å². The van der Waals surface area contributed by atoms with Crippen LogP contribution in [0.25, 0.3) is 0 Å². The molecule has 100 valence electrons. The maximum atomic E-state index is 6.06. The molecule has 1 saturated carbocycles. The van der Waals surface area contributed by atoms with Crippen LogP contribution in [0.15, 0.2) is 16.7 Å². The maximum Gasteiger partial charge on any atom is 0.129 e. The largest absolute Gasteiger partial charge is 0.363 e. The van der Waals surface area contributed by atoms with Gasteiger partial charge in [0, 0.05) is 17.2 Å². The minimum absolute atomic E-state index is 0.0177. The number of nitrogens with one attached hydrogen (secondary N) is 1. The molecule has 1 fully saturated rings. The highest BCUT2D eigenvalue weighted by Crippen LogP contribution is 2.36. The fourth-order valence-corrected chi connectivity index (χ4v) is 3.31. The molecule has 0 spiro atoms. The molecule has 0 radical (unpaired) electrons. The summed E-state index contributed by atoms with van der Waals surface area (Å²) in [6.07, 6.45) is 6.80. The van der Waals surface area contributed by atoms with Gasteiger partial charge in [0.2, 0.25) is 0 Å². The molecule has 1 aliphatic carbocycles. The lowest BCUT2D eigenvalue weighted by atomic mass is 9.73. The van der Waals surface area contributed by atoms with Gasteiger partial charge < -0.3 is 11.1 Å². The molecule has 1 aliphatic rings. The number of pyridine rings is 1. The molecule has 4 heteroatoms. The Labute approximate surface area is 118 Å². The van der Waals surface area contributed by atoms with E-state index in [9.17, 15) is 0 Å². The number of anilines is 1. The van der Waals surface area contributed by atoms with Crippen molar-refractivity contribution in [3.05, 3.63) is 22.3 Å². The van der Waals surface area contributed by atoms with Gasteiger partial charge in [0.1, 0.15) is 5.82 Å². The van der Waals surface area contributed by atoms with E-state index >= 15 is 0 Å². The minimum Gasteiger partial charge on any atom is -0.363 e. The van der Waals surface area contributed by atoms with Crippen molar-refractivity contribution in [2.45, 2.75) is 45.1 Å². The predicted molar refractivity (Wildman–Crippen MR) is 79.7 cm³/mol. The normalized spacial score (nSPS) is 28.1. The zero-order valence-corrected chi connectivity index (χ0v) is 12.8. The second-order valence-electron chi connectivity index (χ2n) is 5.45. The molecule has 3 nitrogen and oxygen atoms in total. The highest BCUT2D eigenvalue weighted by molar-refractivity contribution is 9.10. The highest BCUT2D eigenvalue weighted by atomic mass is 79.9. The van der Waals surface area contributed by atoms with Gasteiger partial charge in [-0.1, -0.05) is 19.8 Å². The number of aromatic nitrogens is 1. The number of nitrogens with zero attached hydrogens (tertiary/aromatic N) is 1. The smallest absolute Gasteiger partial charge is 0.129 e. The SMILES string of the molecule is Cc1cc(Br)cnc1NC1(CN)CCCCC1C. The Morgan fingerprint density at radius 2 is 2.33 bits per heavy atom. The summed E-state index contributed by atoms with van der Waals surface area (Å²) in [5.41, 5.74) is 7.24. The first kappa shape index (κ1) is 13.8. The van der Waals surface area contributed by atoms with Gasteiger partial charge in [-0.25, -0.2) is 4.98 Å². The Morgan fingerprint density at radius 3 is 2.94 bits per heavy atom. The summed E-state index contributed by atoms with van der Waals surface area (Å²) in [6.45, 7) is 5.05. The number of rotatable bonds is 3. The summed E-state index contributed by atoms with van der Waals surface area (Å²) in [6, 6.07) is 2.09. The van der Waals surface area contributed by atoms with E-state index in [4.69, 9.17) is 5.73 Å². The lowest BCUT2D eigenvalue weighted by Crippen LogP contribution is -2.52. The number of aryl methyl sites for hydroxylation is 1. The Kier molecular flexibility index (Phi) is 4.28. The van der Waals surface area contributed by atoms with Crippen molar-refractivity contribution < 1.29 is 0 Å². The van der Waals surface area contributed by atoms with Crippen LogP contribution in [-0.4, -0.2) is 17.1 Å². The van der Waals surface area contributed by atoms with E-state index in [-0.39, 0.29) is 5.54 Å². The van der Waals surface area contributed by atoms with Crippen molar-refractivity contribution >= 4 is 21.7 Å². The van der Waals surface area contributed by atoms with Crippen LogP contribution in [-0.2, 0) is 0 Å². The average Bonchev–Trinajstić information content (AvgIpc) is 2.35. The minimum atomic E-state index is 0.0177. The molecule has 0 aromatic carbocycles. The van der Waals surface area contributed by atoms with Crippen molar-refractivity contribution in [3.8, 4) is 0 Å². The molecule has 1 aromatic rings. The van der Waals surface area contributed by atoms with Crippen molar-refractivity contribution in [3.63, 3.8) is 0 Å². The second-order valence-corrected chi connectivity index (χ2v) is 6.37. The van der Waals surface area contributed by atoms with Crippen molar-refractivity contribution in [1.82, 2.24) is 4.98 Å². The molecule has 0 saturated heterocycles. The average molecular weight is 312 g/mol. The quantitative estimate of drug-likeness (QED) is 0.898. The molecule has 0 aliphatic heterocycles. The molecule has 2 rings (SSSR count). The van der Waals surface area contributed by atoms with Gasteiger partial charge in [-0.05, 0) is 53.2 Å². The molecule has 1 aromatic heterocycles. The summed E-state index contributed by atoms with van der Waals surface area (Å²) in [5.74, 6) is 1.57. The maximum absolute atomic E-state index is 6.06. The predicted octanol–water partition coefficient (Wildman–Crippen LogP) is 3.47. The third-order valence-electron chi connectivity index (χ3n) is 4.23. The van der Waals surface area contributed by atoms with Crippen LogP contribution in [0.1, 0.15) is 38.2 Å². The number of hydrogen-bond donors (Lipinski definition) is 2. The van der Waals surface area contributed by atoms with Gasteiger partial charge in [0.05, 0.1) is 5.54 Å². The van der Waals surface area contributed by atoms with E-state index in [0.717, 1.165) is 22.3 Å². The summed E-state index contributed by atoms with van der Waals surface area (Å²) < 4.78 is 1.02. The zero-order valence-electron chi connectivity index (χ0n) is 11.2. The van der Waals surface area contributed by atoms with Crippen LogP contribution in [0.5, 0.6) is 0 Å². The van der Waals surface area contributed by atoms with Crippen LogP contribution in [0.3, 0.4) is 0 Å². The fraction of sp³-hybridized carbons (Fsp3) is 0.643. The molecule has 0 bridgehead atoms. The molecule has 0 amide bonds. The summed E-state index contributed by atoms with van der Waals surface area (Å²) in [7, 11) is 0. The van der Waals surface area contributed by atoms with Crippen molar-refractivity contribution in [1.29, 1.82) is 0 Å². The standard InChI is InChI=1S/C14H22BrN3/c1-10-7-12(15)8-17-13(10)18-14(9-16)6-4-3-5-11(14)2/h7-8,11H,3-6,9,16H2,1-2H3,(H,17,18). The molecule has 2 unspecified atom stereocenters. The van der Waals surface area contributed by atoms with Crippen molar-refractivity contribution in [2.24, 2.45) is 11.7 Å².